The van der Waals surface area contributed by atoms with E-state index in [1.807, 2.05) is 37.3 Å². The summed E-state index contributed by atoms with van der Waals surface area (Å²) in [5.41, 5.74) is 0.842. The van der Waals surface area contributed by atoms with E-state index in [0.29, 0.717) is 19.4 Å². The first-order valence-corrected chi connectivity index (χ1v) is 6.72. The van der Waals surface area contributed by atoms with Gasteiger partial charge in [-0.2, -0.15) is 0 Å². The van der Waals surface area contributed by atoms with E-state index in [9.17, 15) is 9.59 Å². The van der Waals surface area contributed by atoms with Gasteiger partial charge in [0.2, 0.25) is 5.91 Å². The summed E-state index contributed by atoms with van der Waals surface area (Å²) in [7, 11) is 0. The topological polar surface area (TPSA) is 57.6 Å². The van der Waals surface area contributed by atoms with Gasteiger partial charge in [0.05, 0.1) is 0 Å². The van der Waals surface area contributed by atoms with Crippen LogP contribution in [0.3, 0.4) is 0 Å². The molecule has 0 aliphatic carbocycles. The summed E-state index contributed by atoms with van der Waals surface area (Å²) in [5, 5.41) is 8.67. The van der Waals surface area contributed by atoms with Crippen LogP contribution < -0.4 is 4.90 Å². The molecule has 0 atom stereocenters. The zero-order valence-electron chi connectivity index (χ0n) is 11.3. The fourth-order valence-corrected chi connectivity index (χ4v) is 1.86. The largest absolute Gasteiger partial charge is 0.481 e. The third kappa shape index (κ3) is 5.55. The molecule has 0 aromatic heterocycles. The highest BCUT2D eigenvalue weighted by molar-refractivity contribution is 5.93. The van der Waals surface area contributed by atoms with Gasteiger partial charge in [-0.05, 0) is 25.0 Å². The fourth-order valence-electron chi connectivity index (χ4n) is 1.86. The average molecular weight is 263 g/mol. The lowest BCUT2D eigenvalue weighted by molar-refractivity contribution is -0.137. The number of hydrogen-bond donors (Lipinski definition) is 1. The number of unbranched alkanes of at least 4 members (excludes halogenated alkanes) is 1. The normalized spacial score (nSPS) is 10.2. The number of anilines is 1. The maximum atomic E-state index is 12.2. The minimum absolute atomic E-state index is 0.0680. The molecule has 0 unspecified atom stereocenters. The van der Waals surface area contributed by atoms with E-state index in [2.05, 4.69) is 0 Å². The van der Waals surface area contributed by atoms with Gasteiger partial charge in [-0.3, -0.25) is 9.59 Å². The second-order valence-electron chi connectivity index (χ2n) is 4.48. The average Bonchev–Trinajstić information content (AvgIpc) is 2.41. The number of hydrogen-bond acceptors (Lipinski definition) is 2. The molecule has 0 aliphatic heterocycles. The van der Waals surface area contributed by atoms with Crippen LogP contribution in [0.1, 0.15) is 39.0 Å². The highest BCUT2D eigenvalue weighted by Crippen LogP contribution is 2.16. The Morgan fingerprint density at radius 3 is 2.37 bits per heavy atom. The molecule has 104 valence electrons. The molecule has 0 heterocycles. The Hall–Kier alpha value is -1.84. The van der Waals surface area contributed by atoms with Crippen LogP contribution in [-0.4, -0.2) is 23.5 Å². The van der Waals surface area contributed by atoms with Gasteiger partial charge in [0.15, 0.2) is 0 Å². The van der Waals surface area contributed by atoms with Crippen molar-refractivity contribution in [2.75, 3.05) is 11.4 Å². The second-order valence-corrected chi connectivity index (χ2v) is 4.48. The fraction of sp³-hybridized carbons (Fsp3) is 0.467. The quantitative estimate of drug-likeness (QED) is 0.784. The maximum absolute atomic E-state index is 12.2. The zero-order chi connectivity index (χ0) is 14.1. The van der Waals surface area contributed by atoms with Gasteiger partial charge in [-0.15, -0.1) is 0 Å². The number of carboxylic acid groups (broad SMARTS) is 1. The molecule has 1 N–H and O–H groups in total. The van der Waals surface area contributed by atoms with Gasteiger partial charge in [0.25, 0.3) is 0 Å². The highest BCUT2D eigenvalue weighted by atomic mass is 16.4. The first-order valence-electron chi connectivity index (χ1n) is 6.72. The standard InChI is InChI=1S/C15H21NO3/c1-2-3-10-14(17)16(12-7-11-15(18)19)13-8-5-4-6-9-13/h4-6,8-9H,2-3,7,10-12H2,1H3,(H,18,19). The van der Waals surface area contributed by atoms with Gasteiger partial charge >= 0.3 is 5.97 Å². The summed E-state index contributed by atoms with van der Waals surface area (Å²) in [6, 6.07) is 9.42. The lowest BCUT2D eigenvalue weighted by Gasteiger charge is -2.22. The predicted molar refractivity (Wildman–Crippen MR) is 75.2 cm³/mol. The Kier molecular flexibility index (Phi) is 6.64. The molecule has 0 spiro atoms. The molecule has 0 aliphatic rings. The van der Waals surface area contributed by atoms with Crippen molar-refractivity contribution in [2.45, 2.75) is 39.0 Å². The number of carbonyl (C=O) groups is 2. The zero-order valence-corrected chi connectivity index (χ0v) is 11.3. The summed E-state index contributed by atoms with van der Waals surface area (Å²) in [6.07, 6.45) is 2.91. The molecule has 4 heteroatoms. The van der Waals surface area contributed by atoms with Gasteiger partial charge in [-0.25, -0.2) is 0 Å². The van der Waals surface area contributed by atoms with Crippen LogP contribution in [0.15, 0.2) is 30.3 Å². The van der Waals surface area contributed by atoms with Crippen molar-refractivity contribution in [1.29, 1.82) is 0 Å². The Labute approximate surface area is 114 Å². The first kappa shape index (κ1) is 15.2. The lowest BCUT2D eigenvalue weighted by atomic mass is 10.2. The number of para-hydroxylation sites is 1. The Balaban J connectivity index is 2.67. The van der Waals surface area contributed by atoms with E-state index < -0.39 is 5.97 Å². The number of amides is 1. The molecule has 0 bridgehead atoms. The molecule has 1 aromatic rings. The molecule has 0 saturated carbocycles. The van der Waals surface area contributed by atoms with Crippen molar-refractivity contribution in [3.63, 3.8) is 0 Å². The van der Waals surface area contributed by atoms with Crippen molar-refractivity contribution in [3.8, 4) is 0 Å². The lowest BCUT2D eigenvalue weighted by Crippen LogP contribution is -2.32. The minimum atomic E-state index is -0.825. The Morgan fingerprint density at radius 2 is 1.79 bits per heavy atom. The first-order chi connectivity index (χ1) is 9.15. The molecule has 1 rings (SSSR count). The summed E-state index contributed by atoms with van der Waals surface area (Å²) < 4.78 is 0. The monoisotopic (exact) mass is 263 g/mol. The van der Waals surface area contributed by atoms with Crippen LogP contribution in [0.2, 0.25) is 0 Å². The molecular weight excluding hydrogens is 242 g/mol. The van der Waals surface area contributed by atoms with Crippen molar-refractivity contribution in [3.05, 3.63) is 30.3 Å². The predicted octanol–water partition coefficient (Wildman–Crippen LogP) is 3.07. The maximum Gasteiger partial charge on any atom is 0.303 e. The van der Waals surface area contributed by atoms with Crippen LogP contribution in [-0.2, 0) is 9.59 Å². The molecule has 19 heavy (non-hydrogen) atoms. The Bertz CT molecular complexity index is 403. The van der Waals surface area contributed by atoms with Gasteiger partial charge in [0.1, 0.15) is 0 Å². The molecule has 0 fully saturated rings. The van der Waals surface area contributed by atoms with E-state index in [0.717, 1.165) is 18.5 Å². The van der Waals surface area contributed by atoms with Crippen LogP contribution in [0.25, 0.3) is 0 Å². The number of nitrogens with zero attached hydrogens (tertiary/aromatic N) is 1. The SMILES string of the molecule is CCCCC(=O)N(CCCC(=O)O)c1ccccc1. The van der Waals surface area contributed by atoms with E-state index in [1.54, 1.807) is 4.90 Å². The van der Waals surface area contributed by atoms with Crippen molar-refractivity contribution < 1.29 is 14.7 Å². The molecule has 4 nitrogen and oxygen atoms in total. The molecule has 1 amide bonds. The summed E-state index contributed by atoms with van der Waals surface area (Å²) in [5.74, 6) is -0.757. The molecule has 1 aromatic carbocycles. The summed E-state index contributed by atoms with van der Waals surface area (Å²) in [4.78, 5) is 24.4. The molecule has 0 saturated heterocycles. The third-order valence-electron chi connectivity index (χ3n) is 2.89. The number of aliphatic carboxylic acids is 1. The number of benzene rings is 1. The van der Waals surface area contributed by atoms with E-state index in [1.165, 1.54) is 0 Å². The summed E-state index contributed by atoms with van der Waals surface area (Å²) >= 11 is 0. The number of rotatable bonds is 8. The molecule has 0 radical (unpaired) electrons. The minimum Gasteiger partial charge on any atom is -0.481 e. The van der Waals surface area contributed by atoms with Crippen molar-refractivity contribution >= 4 is 17.6 Å². The number of carbonyl (C=O) groups excluding carboxylic acids is 1. The van der Waals surface area contributed by atoms with E-state index in [4.69, 9.17) is 5.11 Å². The summed E-state index contributed by atoms with van der Waals surface area (Å²) in [6.45, 7) is 2.50. The van der Waals surface area contributed by atoms with Gasteiger partial charge in [0, 0.05) is 25.1 Å². The third-order valence-corrected chi connectivity index (χ3v) is 2.89. The van der Waals surface area contributed by atoms with Crippen molar-refractivity contribution in [1.82, 2.24) is 0 Å². The molecular formula is C15H21NO3. The van der Waals surface area contributed by atoms with Gasteiger partial charge < -0.3 is 10.0 Å². The highest BCUT2D eigenvalue weighted by Gasteiger charge is 2.14. The number of carboxylic acids is 1. The van der Waals surface area contributed by atoms with E-state index in [-0.39, 0.29) is 12.3 Å². The van der Waals surface area contributed by atoms with Crippen LogP contribution >= 0.6 is 0 Å². The second kappa shape index (κ2) is 8.29. The van der Waals surface area contributed by atoms with E-state index >= 15 is 0 Å². The van der Waals surface area contributed by atoms with Crippen LogP contribution in [0.4, 0.5) is 5.69 Å². The van der Waals surface area contributed by atoms with Gasteiger partial charge in [-0.1, -0.05) is 31.5 Å². The van der Waals surface area contributed by atoms with Crippen LogP contribution in [0, 0.1) is 0 Å². The van der Waals surface area contributed by atoms with Crippen LogP contribution in [0.5, 0.6) is 0 Å². The van der Waals surface area contributed by atoms with Crippen molar-refractivity contribution in [2.24, 2.45) is 0 Å². The Morgan fingerprint density at radius 1 is 1.11 bits per heavy atom. The smallest absolute Gasteiger partial charge is 0.303 e.